The number of hydrogen-bond donors (Lipinski definition) is 1. The monoisotopic (exact) mass is 397 g/mol. The number of benzene rings is 1. The highest BCUT2D eigenvalue weighted by Gasteiger charge is 2.20. The van der Waals surface area contributed by atoms with Gasteiger partial charge in [0.2, 0.25) is 0 Å². The summed E-state index contributed by atoms with van der Waals surface area (Å²) >= 11 is 0. The highest BCUT2D eigenvalue weighted by Crippen LogP contribution is 2.20. The SMILES string of the molecule is O=C(NC1CCCCCC1)c1cnc(N2CCN(c3ccc(F)cc3)CC2)cn1. The molecule has 1 aromatic heterocycles. The molecular formula is C22H28FN5O. The topological polar surface area (TPSA) is 61.4 Å². The molecule has 0 bridgehead atoms. The van der Waals surface area contributed by atoms with Crippen LogP contribution in [0.2, 0.25) is 0 Å². The number of anilines is 2. The zero-order valence-corrected chi connectivity index (χ0v) is 16.7. The first-order valence-electron chi connectivity index (χ1n) is 10.6. The van der Waals surface area contributed by atoms with Gasteiger partial charge < -0.3 is 15.1 Å². The van der Waals surface area contributed by atoms with E-state index >= 15 is 0 Å². The van der Waals surface area contributed by atoms with Crippen LogP contribution in [0.3, 0.4) is 0 Å². The van der Waals surface area contributed by atoms with Crippen LogP contribution in [0, 0.1) is 5.82 Å². The molecule has 0 unspecified atom stereocenters. The van der Waals surface area contributed by atoms with Crippen LogP contribution < -0.4 is 15.1 Å². The van der Waals surface area contributed by atoms with E-state index in [1.165, 1.54) is 37.8 Å². The van der Waals surface area contributed by atoms with E-state index in [2.05, 4.69) is 25.1 Å². The summed E-state index contributed by atoms with van der Waals surface area (Å²) in [5.74, 6) is 0.442. The number of amides is 1. The summed E-state index contributed by atoms with van der Waals surface area (Å²) in [6.07, 6.45) is 10.2. The Bertz CT molecular complexity index is 795. The molecular weight excluding hydrogens is 369 g/mol. The minimum absolute atomic E-state index is 0.128. The van der Waals surface area contributed by atoms with E-state index in [0.29, 0.717) is 5.69 Å². The van der Waals surface area contributed by atoms with Crippen molar-refractivity contribution in [3.05, 3.63) is 48.2 Å². The lowest BCUT2D eigenvalue weighted by atomic mass is 10.1. The Kier molecular flexibility index (Phi) is 6.22. The number of hydrogen-bond acceptors (Lipinski definition) is 5. The van der Waals surface area contributed by atoms with E-state index in [1.807, 2.05) is 12.1 Å². The minimum atomic E-state index is -0.217. The molecule has 1 aliphatic carbocycles. The standard InChI is InChI=1S/C22H28FN5O/c23-17-7-9-19(10-8-17)27-11-13-28(14-12-27)21-16-24-20(15-25-21)22(29)26-18-5-3-1-2-4-6-18/h7-10,15-16,18H,1-6,11-14H2,(H,26,29). The van der Waals surface area contributed by atoms with E-state index in [-0.39, 0.29) is 17.8 Å². The van der Waals surface area contributed by atoms with Crippen LogP contribution in [0.1, 0.15) is 49.0 Å². The van der Waals surface area contributed by atoms with Crippen molar-refractivity contribution in [1.29, 1.82) is 0 Å². The Hall–Kier alpha value is -2.70. The van der Waals surface area contributed by atoms with Crippen molar-refractivity contribution in [2.75, 3.05) is 36.0 Å². The smallest absolute Gasteiger partial charge is 0.271 e. The summed E-state index contributed by atoms with van der Waals surface area (Å²) in [6.45, 7) is 3.27. The summed E-state index contributed by atoms with van der Waals surface area (Å²) in [6, 6.07) is 6.86. The Labute approximate surface area is 171 Å². The minimum Gasteiger partial charge on any atom is -0.368 e. The normalized spacial score (nSPS) is 18.4. The van der Waals surface area contributed by atoms with Gasteiger partial charge in [-0.3, -0.25) is 4.79 Å². The van der Waals surface area contributed by atoms with Gasteiger partial charge in [0.1, 0.15) is 17.3 Å². The molecule has 6 nitrogen and oxygen atoms in total. The third kappa shape index (κ3) is 5.02. The van der Waals surface area contributed by atoms with Gasteiger partial charge in [0.25, 0.3) is 5.91 Å². The van der Waals surface area contributed by atoms with E-state index < -0.39 is 0 Å². The number of aromatic nitrogens is 2. The maximum Gasteiger partial charge on any atom is 0.271 e. The lowest BCUT2D eigenvalue weighted by Gasteiger charge is -2.36. The summed E-state index contributed by atoms with van der Waals surface area (Å²) < 4.78 is 13.1. The zero-order chi connectivity index (χ0) is 20.1. The van der Waals surface area contributed by atoms with Crippen molar-refractivity contribution in [3.63, 3.8) is 0 Å². The summed E-state index contributed by atoms with van der Waals surface area (Å²) in [5.41, 5.74) is 1.41. The van der Waals surface area contributed by atoms with Gasteiger partial charge in [-0.05, 0) is 37.1 Å². The van der Waals surface area contributed by atoms with Crippen molar-refractivity contribution >= 4 is 17.4 Å². The Balaban J connectivity index is 1.31. The molecule has 1 saturated heterocycles. The molecule has 2 aromatic rings. The molecule has 2 fully saturated rings. The number of nitrogens with one attached hydrogen (secondary N) is 1. The molecule has 0 spiro atoms. The van der Waals surface area contributed by atoms with Gasteiger partial charge in [0, 0.05) is 37.9 Å². The Morgan fingerprint density at radius 3 is 2.17 bits per heavy atom. The molecule has 154 valence electrons. The molecule has 0 radical (unpaired) electrons. The third-order valence-corrected chi connectivity index (χ3v) is 5.86. The van der Waals surface area contributed by atoms with Crippen LogP contribution in [0.15, 0.2) is 36.7 Å². The van der Waals surface area contributed by atoms with Crippen LogP contribution in [0.4, 0.5) is 15.9 Å². The van der Waals surface area contributed by atoms with Gasteiger partial charge in [-0.25, -0.2) is 14.4 Å². The van der Waals surface area contributed by atoms with E-state index in [1.54, 1.807) is 12.4 Å². The Morgan fingerprint density at radius 1 is 0.897 bits per heavy atom. The molecule has 0 atom stereocenters. The lowest BCUT2D eigenvalue weighted by molar-refractivity contribution is 0.0928. The summed E-state index contributed by atoms with van der Waals surface area (Å²) in [5, 5.41) is 3.11. The van der Waals surface area contributed by atoms with Crippen LogP contribution in [0.25, 0.3) is 0 Å². The van der Waals surface area contributed by atoms with Crippen molar-refractivity contribution in [1.82, 2.24) is 15.3 Å². The molecule has 1 aliphatic heterocycles. The molecule has 1 aromatic carbocycles. The maximum absolute atomic E-state index is 13.1. The van der Waals surface area contributed by atoms with Crippen LogP contribution >= 0.6 is 0 Å². The highest BCUT2D eigenvalue weighted by atomic mass is 19.1. The van der Waals surface area contributed by atoms with Gasteiger partial charge in [-0.15, -0.1) is 0 Å². The number of nitrogens with zero attached hydrogens (tertiary/aromatic N) is 4. The van der Waals surface area contributed by atoms with Crippen molar-refractivity contribution in [3.8, 4) is 0 Å². The number of carbonyl (C=O) groups is 1. The molecule has 1 saturated carbocycles. The number of carbonyl (C=O) groups excluding carboxylic acids is 1. The number of rotatable bonds is 4. The van der Waals surface area contributed by atoms with Gasteiger partial charge in [0.05, 0.1) is 12.4 Å². The van der Waals surface area contributed by atoms with Crippen molar-refractivity contribution in [2.24, 2.45) is 0 Å². The van der Waals surface area contributed by atoms with Gasteiger partial charge in [0.15, 0.2) is 0 Å². The van der Waals surface area contributed by atoms with Gasteiger partial charge >= 0.3 is 0 Å². The number of piperazine rings is 1. The fourth-order valence-electron chi connectivity index (χ4n) is 4.13. The zero-order valence-electron chi connectivity index (χ0n) is 16.7. The van der Waals surface area contributed by atoms with Crippen LogP contribution in [-0.4, -0.2) is 48.1 Å². The largest absolute Gasteiger partial charge is 0.368 e. The van der Waals surface area contributed by atoms with Gasteiger partial charge in [-0.1, -0.05) is 25.7 Å². The van der Waals surface area contributed by atoms with Crippen LogP contribution in [0.5, 0.6) is 0 Å². The molecule has 4 rings (SSSR count). The van der Waals surface area contributed by atoms with Gasteiger partial charge in [-0.2, -0.15) is 0 Å². The first kappa shape index (κ1) is 19.6. The van der Waals surface area contributed by atoms with E-state index in [9.17, 15) is 9.18 Å². The average molecular weight is 397 g/mol. The summed E-state index contributed by atoms with van der Waals surface area (Å²) in [4.78, 5) is 25.7. The molecule has 7 heteroatoms. The van der Waals surface area contributed by atoms with Crippen LogP contribution in [-0.2, 0) is 0 Å². The molecule has 1 N–H and O–H groups in total. The van der Waals surface area contributed by atoms with E-state index in [0.717, 1.165) is 50.5 Å². The molecule has 29 heavy (non-hydrogen) atoms. The average Bonchev–Trinajstić information content (AvgIpc) is 3.03. The van der Waals surface area contributed by atoms with E-state index in [4.69, 9.17) is 0 Å². The molecule has 2 heterocycles. The Morgan fingerprint density at radius 2 is 1.55 bits per heavy atom. The van der Waals surface area contributed by atoms with Crippen molar-refractivity contribution < 1.29 is 9.18 Å². The van der Waals surface area contributed by atoms with Crippen molar-refractivity contribution in [2.45, 2.75) is 44.6 Å². The highest BCUT2D eigenvalue weighted by molar-refractivity contribution is 5.92. The predicted molar refractivity (Wildman–Crippen MR) is 112 cm³/mol. The third-order valence-electron chi connectivity index (χ3n) is 5.86. The fraction of sp³-hybridized carbons (Fsp3) is 0.500. The second-order valence-electron chi connectivity index (χ2n) is 7.87. The molecule has 2 aliphatic rings. The number of halogens is 1. The maximum atomic E-state index is 13.1. The molecule has 1 amide bonds. The first-order valence-corrected chi connectivity index (χ1v) is 10.6. The quantitative estimate of drug-likeness (QED) is 0.802. The summed E-state index contributed by atoms with van der Waals surface area (Å²) in [7, 11) is 0. The second kappa shape index (κ2) is 9.20. The second-order valence-corrected chi connectivity index (χ2v) is 7.87. The lowest BCUT2D eigenvalue weighted by Crippen LogP contribution is -2.47. The fourth-order valence-corrected chi connectivity index (χ4v) is 4.13. The first-order chi connectivity index (χ1) is 14.2. The predicted octanol–water partition coefficient (Wildman–Crippen LogP) is 3.39.